The number of alkyl halides is 1. The van der Waals surface area contributed by atoms with Crippen LogP contribution in [0.5, 0.6) is 0 Å². The first-order chi connectivity index (χ1) is 5.83. The van der Waals surface area contributed by atoms with E-state index in [4.69, 9.17) is 4.74 Å². The standard InChI is InChI=1S/C10H19BrO/c1-2-3-4-6-10(9-11)7-5-8-12-10/h2-9H2,1H3. The zero-order valence-electron chi connectivity index (χ0n) is 7.94. The molecule has 0 N–H and O–H groups in total. The molecule has 1 aliphatic rings. The van der Waals surface area contributed by atoms with Gasteiger partial charge in [-0.2, -0.15) is 0 Å². The Bertz CT molecular complexity index is 119. The molecule has 0 aromatic heterocycles. The highest BCUT2D eigenvalue weighted by atomic mass is 79.9. The largest absolute Gasteiger partial charge is 0.374 e. The average Bonchev–Trinajstić information content (AvgIpc) is 2.55. The topological polar surface area (TPSA) is 9.23 Å². The molecule has 2 heteroatoms. The van der Waals surface area contributed by atoms with Crippen LogP contribution in [0.3, 0.4) is 0 Å². The molecule has 0 aromatic rings. The van der Waals surface area contributed by atoms with Gasteiger partial charge < -0.3 is 4.74 Å². The lowest BCUT2D eigenvalue weighted by Gasteiger charge is -2.25. The lowest BCUT2D eigenvalue weighted by atomic mass is 9.95. The lowest BCUT2D eigenvalue weighted by Crippen LogP contribution is -2.29. The molecule has 1 aliphatic heterocycles. The predicted octanol–water partition coefficient (Wildman–Crippen LogP) is 3.51. The van der Waals surface area contributed by atoms with Crippen molar-refractivity contribution in [3.63, 3.8) is 0 Å². The number of rotatable bonds is 5. The van der Waals surface area contributed by atoms with E-state index in [0.29, 0.717) is 0 Å². The quantitative estimate of drug-likeness (QED) is 0.523. The van der Waals surface area contributed by atoms with E-state index in [1.165, 1.54) is 38.5 Å². The Morgan fingerprint density at radius 1 is 1.42 bits per heavy atom. The van der Waals surface area contributed by atoms with Crippen LogP contribution in [-0.4, -0.2) is 17.5 Å². The van der Waals surface area contributed by atoms with Crippen molar-refractivity contribution in [3.8, 4) is 0 Å². The van der Waals surface area contributed by atoms with Crippen LogP contribution >= 0.6 is 15.9 Å². The van der Waals surface area contributed by atoms with Crippen molar-refractivity contribution in [1.29, 1.82) is 0 Å². The number of ether oxygens (including phenoxy) is 1. The van der Waals surface area contributed by atoms with Crippen LogP contribution in [0.25, 0.3) is 0 Å². The summed E-state index contributed by atoms with van der Waals surface area (Å²) in [5.41, 5.74) is 0.204. The molecule has 72 valence electrons. The molecule has 1 heterocycles. The van der Waals surface area contributed by atoms with Gasteiger partial charge in [0.25, 0.3) is 0 Å². The molecule has 1 atom stereocenters. The van der Waals surface area contributed by atoms with Gasteiger partial charge in [0.2, 0.25) is 0 Å². The fraction of sp³-hybridized carbons (Fsp3) is 1.00. The van der Waals surface area contributed by atoms with Crippen molar-refractivity contribution in [2.75, 3.05) is 11.9 Å². The Labute approximate surface area is 84.0 Å². The predicted molar refractivity (Wildman–Crippen MR) is 55.9 cm³/mol. The minimum absolute atomic E-state index is 0.204. The molecule has 1 rings (SSSR count). The first-order valence-electron chi connectivity index (χ1n) is 5.03. The molecule has 1 fully saturated rings. The van der Waals surface area contributed by atoms with E-state index >= 15 is 0 Å². The minimum atomic E-state index is 0.204. The van der Waals surface area contributed by atoms with Crippen molar-refractivity contribution in [1.82, 2.24) is 0 Å². The maximum atomic E-state index is 5.79. The van der Waals surface area contributed by atoms with Crippen LogP contribution in [-0.2, 0) is 4.74 Å². The summed E-state index contributed by atoms with van der Waals surface area (Å²) in [5.74, 6) is 0. The van der Waals surface area contributed by atoms with Gasteiger partial charge >= 0.3 is 0 Å². The van der Waals surface area contributed by atoms with E-state index in [0.717, 1.165) is 11.9 Å². The SMILES string of the molecule is CCCCCC1(CBr)CCCO1. The van der Waals surface area contributed by atoms with Crippen LogP contribution in [0, 0.1) is 0 Å². The summed E-state index contributed by atoms with van der Waals surface area (Å²) in [6.45, 7) is 3.22. The highest BCUT2D eigenvalue weighted by Crippen LogP contribution is 2.32. The Balaban J connectivity index is 2.24. The molecular formula is C10H19BrO. The molecule has 1 saturated heterocycles. The molecule has 12 heavy (non-hydrogen) atoms. The number of hydrogen-bond acceptors (Lipinski definition) is 1. The summed E-state index contributed by atoms with van der Waals surface area (Å²) in [5, 5.41) is 1.02. The highest BCUT2D eigenvalue weighted by molar-refractivity contribution is 9.09. The van der Waals surface area contributed by atoms with E-state index in [9.17, 15) is 0 Å². The van der Waals surface area contributed by atoms with Gasteiger partial charge in [0, 0.05) is 11.9 Å². The lowest BCUT2D eigenvalue weighted by molar-refractivity contribution is 0.0165. The van der Waals surface area contributed by atoms with Crippen LogP contribution in [0.15, 0.2) is 0 Å². The normalized spacial score (nSPS) is 29.5. The van der Waals surface area contributed by atoms with Gasteiger partial charge in [0.1, 0.15) is 0 Å². The van der Waals surface area contributed by atoms with E-state index < -0.39 is 0 Å². The van der Waals surface area contributed by atoms with Crippen molar-refractivity contribution >= 4 is 15.9 Å². The van der Waals surface area contributed by atoms with Gasteiger partial charge in [-0.05, 0) is 19.3 Å². The van der Waals surface area contributed by atoms with Gasteiger partial charge in [-0.1, -0.05) is 42.1 Å². The van der Waals surface area contributed by atoms with E-state index in [1.54, 1.807) is 0 Å². The van der Waals surface area contributed by atoms with Gasteiger partial charge in [-0.3, -0.25) is 0 Å². The minimum Gasteiger partial charge on any atom is -0.374 e. The molecule has 0 bridgehead atoms. The van der Waals surface area contributed by atoms with Crippen LogP contribution in [0.2, 0.25) is 0 Å². The average molecular weight is 235 g/mol. The van der Waals surface area contributed by atoms with E-state index in [2.05, 4.69) is 22.9 Å². The number of hydrogen-bond donors (Lipinski definition) is 0. The Morgan fingerprint density at radius 3 is 2.75 bits per heavy atom. The second kappa shape index (κ2) is 5.23. The fourth-order valence-electron chi connectivity index (χ4n) is 1.82. The van der Waals surface area contributed by atoms with Crippen molar-refractivity contribution in [2.24, 2.45) is 0 Å². The smallest absolute Gasteiger partial charge is 0.0779 e. The summed E-state index contributed by atoms with van der Waals surface area (Å²) in [4.78, 5) is 0. The van der Waals surface area contributed by atoms with Gasteiger partial charge in [-0.15, -0.1) is 0 Å². The maximum absolute atomic E-state index is 5.79. The van der Waals surface area contributed by atoms with Crippen molar-refractivity contribution in [3.05, 3.63) is 0 Å². The van der Waals surface area contributed by atoms with Crippen molar-refractivity contribution < 1.29 is 4.74 Å². The second-order valence-corrected chi connectivity index (χ2v) is 4.29. The van der Waals surface area contributed by atoms with Crippen molar-refractivity contribution in [2.45, 2.75) is 51.0 Å². The van der Waals surface area contributed by atoms with Crippen LogP contribution in [0.1, 0.15) is 45.4 Å². The molecular weight excluding hydrogens is 216 g/mol. The molecule has 1 nitrogen and oxygen atoms in total. The molecule has 0 aromatic carbocycles. The Hall–Kier alpha value is 0.440. The van der Waals surface area contributed by atoms with Crippen LogP contribution in [0.4, 0.5) is 0 Å². The van der Waals surface area contributed by atoms with Gasteiger partial charge in [-0.25, -0.2) is 0 Å². The molecule has 0 saturated carbocycles. The zero-order valence-corrected chi connectivity index (χ0v) is 9.53. The summed E-state index contributed by atoms with van der Waals surface area (Å²) in [7, 11) is 0. The molecule has 0 spiro atoms. The number of unbranched alkanes of at least 4 members (excludes halogenated alkanes) is 2. The zero-order chi connectivity index (χ0) is 8.86. The second-order valence-electron chi connectivity index (χ2n) is 3.73. The van der Waals surface area contributed by atoms with Gasteiger partial charge in [0.05, 0.1) is 5.60 Å². The third-order valence-corrected chi connectivity index (χ3v) is 3.69. The Morgan fingerprint density at radius 2 is 2.25 bits per heavy atom. The highest BCUT2D eigenvalue weighted by Gasteiger charge is 2.32. The third-order valence-electron chi connectivity index (χ3n) is 2.66. The van der Waals surface area contributed by atoms with Gasteiger partial charge in [0.15, 0.2) is 0 Å². The summed E-state index contributed by atoms with van der Waals surface area (Å²) in [6, 6.07) is 0. The monoisotopic (exact) mass is 234 g/mol. The first kappa shape index (κ1) is 10.5. The Kier molecular flexibility index (Phi) is 4.59. The van der Waals surface area contributed by atoms with E-state index in [1.807, 2.05) is 0 Å². The van der Waals surface area contributed by atoms with Crippen LogP contribution < -0.4 is 0 Å². The molecule has 0 radical (unpaired) electrons. The number of halogens is 1. The summed E-state index contributed by atoms with van der Waals surface area (Å²) >= 11 is 3.56. The first-order valence-corrected chi connectivity index (χ1v) is 6.15. The maximum Gasteiger partial charge on any atom is 0.0779 e. The molecule has 1 unspecified atom stereocenters. The van der Waals surface area contributed by atoms with E-state index in [-0.39, 0.29) is 5.60 Å². The third kappa shape index (κ3) is 2.74. The fourth-order valence-corrected chi connectivity index (χ4v) is 2.54. The summed E-state index contributed by atoms with van der Waals surface area (Å²) < 4.78 is 5.79. The summed E-state index contributed by atoms with van der Waals surface area (Å²) in [6.07, 6.45) is 7.71. The molecule has 0 amide bonds. The molecule has 0 aliphatic carbocycles.